The molecule has 1 aliphatic heterocycles. The van der Waals surface area contributed by atoms with Gasteiger partial charge in [0.2, 0.25) is 0 Å². The highest BCUT2D eigenvalue weighted by atomic mass is 79.9. The summed E-state index contributed by atoms with van der Waals surface area (Å²) in [4.78, 5) is 26.1. The first kappa shape index (κ1) is 32.9. The smallest absolute Gasteiger partial charge is 0.351 e. The molecule has 1 fully saturated rings. The van der Waals surface area contributed by atoms with Gasteiger partial charge in [-0.2, -0.15) is 0 Å². The molecule has 5 rings (SSSR count). The van der Waals surface area contributed by atoms with Crippen molar-refractivity contribution in [3.8, 4) is 16.2 Å². The summed E-state index contributed by atoms with van der Waals surface area (Å²) in [6.07, 6.45) is 1.30. The molecule has 3 aromatic carbocycles. The number of nitrogens with one attached hydrogen (secondary N) is 1. The van der Waals surface area contributed by atoms with Crippen LogP contribution in [0.4, 0.5) is 5.69 Å². The zero-order chi connectivity index (χ0) is 32.4. The standard InChI is InChI=1S/C33H35BrN2O7S2/c1-33(2,3)43-27(37)20-42-29-28(34)30(44-31(29)32(38)41-4)23-10-7-11-25(18-23)36(24-14-16-35-17-15-24)45(39,40)26-13-12-21-8-5-6-9-22(21)19-26/h5-13,18-19,24,35H,14-17,20H2,1-4H3. The Labute approximate surface area is 275 Å². The van der Waals surface area contributed by atoms with Crippen LogP contribution in [0.5, 0.6) is 5.75 Å². The molecule has 0 radical (unpaired) electrons. The summed E-state index contributed by atoms with van der Waals surface area (Å²) in [6, 6.07) is 19.8. The number of esters is 2. The molecule has 45 heavy (non-hydrogen) atoms. The van der Waals surface area contributed by atoms with E-state index in [2.05, 4.69) is 21.2 Å². The first-order chi connectivity index (χ1) is 21.4. The normalized spacial score (nSPS) is 14.2. The van der Waals surface area contributed by atoms with Crippen molar-refractivity contribution in [1.82, 2.24) is 5.32 Å². The minimum Gasteiger partial charge on any atom is -0.479 e. The van der Waals surface area contributed by atoms with Gasteiger partial charge in [-0.1, -0.05) is 42.5 Å². The largest absolute Gasteiger partial charge is 0.479 e. The highest BCUT2D eigenvalue weighted by Gasteiger charge is 2.34. The van der Waals surface area contributed by atoms with Crippen LogP contribution in [0.3, 0.4) is 0 Å². The van der Waals surface area contributed by atoms with Crippen LogP contribution in [0, 0.1) is 0 Å². The van der Waals surface area contributed by atoms with Crippen molar-refractivity contribution in [3.63, 3.8) is 0 Å². The summed E-state index contributed by atoms with van der Waals surface area (Å²) in [6.45, 7) is 6.25. The number of ether oxygens (including phenoxy) is 3. The maximum absolute atomic E-state index is 14.4. The molecular weight excluding hydrogens is 680 g/mol. The van der Waals surface area contributed by atoms with Crippen LogP contribution < -0.4 is 14.4 Å². The SMILES string of the molecule is COC(=O)c1sc(-c2cccc(N(C3CCNCC3)S(=O)(=O)c3ccc4ccccc4c3)c2)c(Br)c1OCC(=O)OC(C)(C)C. The highest BCUT2D eigenvalue weighted by Crippen LogP contribution is 2.47. The van der Waals surface area contributed by atoms with Crippen molar-refractivity contribution in [1.29, 1.82) is 0 Å². The minimum absolute atomic E-state index is 0.150. The summed E-state index contributed by atoms with van der Waals surface area (Å²) in [5.41, 5.74) is 0.467. The molecule has 1 saturated heterocycles. The first-order valence-corrected chi connectivity index (χ1v) is 17.5. The Hall–Kier alpha value is -3.45. The van der Waals surface area contributed by atoms with E-state index < -0.39 is 34.2 Å². The lowest BCUT2D eigenvalue weighted by Gasteiger charge is -2.35. The number of fused-ring (bicyclic) bond motifs is 1. The molecule has 1 N–H and O–H groups in total. The summed E-state index contributed by atoms with van der Waals surface area (Å²) < 4.78 is 46.9. The fourth-order valence-electron chi connectivity index (χ4n) is 5.25. The summed E-state index contributed by atoms with van der Waals surface area (Å²) >= 11 is 4.69. The van der Waals surface area contributed by atoms with Crippen LogP contribution in [-0.4, -0.2) is 58.8 Å². The number of sulfonamides is 1. The van der Waals surface area contributed by atoms with Crippen molar-refractivity contribution in [3.05, 3.63) is 76.1 Å². The van der Waals surface area contributed by atoms with Gasteiger partial charge in [-0.05, 0) is 103 Å². The molecule has 0 amide bonds. The zero-order valence-corrected chi connectivity index (χ0v) is 28.7. The molecule has 4 aromatic rings. The zero-order valence-electron chi connectivity index (χ0n) is 25.5. The third kappa shape index (κ3) is 7.35. The maximum Gasteiger partial charge on any atom is 0.351 e. The number of methoxy groups -OCH3 is 1. The fourth-order valence-corrected chi connectivity index (χ4v) is 8.96. The van der Waals surface area contributed by atoms with E-state index in [0.29, 0.717) is 46.5 Å². The average molecular weight is 716 g/mol. The molecule has 2 heterocycles. The van der Waals surface area contributed by atoms with Gasteiger partial charge in [0.25, 0.3) is 10.0 Å². The van der Waals surface area contributed by atoms with E-state index in [9.17, 15) is 18.0 Å². The number of halogens is 1. The van der Waals surface area contributed by atoms with Crippen molar-refractivity contribution in [2.75, 3.05) is 31.1 Å². The van der Waals surface area contributed by atoms with Gasteiger partial charge in [-0.3, -0.25) is 4.31 Å². The van der Waals surface area contributed by atoms with Crippen LogP contribution >= 0.6 is 27.3 Å². The van der Waals surface area contributed by atoms with E-state index in [-0.39, 0.29) is 21.6 Å². The second-order valence-electron chi connectivity index (χ2n) is 11.6. The summed E-state index contributed by atoms with van der Waals surface area (Å²) in [7, 11) is -2.69. The van der Waals surface area contributed by atoms with Crippen LogP contribution in [-0.2, 0) is 24.3 Å². The minimum atomic E-state index is -3.96. The molecule has 1 aliphatic rings. The van der Waals surface area contributed by atoms with Gasteiger partial charge in [-0.25, -0.2) is 18.0 Å². The molecule has 12 heteroatoms. The molecule has 0 unspecified atom stereocenters. The van der Waals surface area contributed by atoms with Gasteiger partial charge in [0.15, 0.2) is 17.2 Å². The Morgan fingerprint density at radius 1 is 1.00 bits per heavy atom. The number of hydrogen-bond donors (Lipinski definition) is 1. The Kier molecular flexibility index (Phi) is 9.88. The highest BCUT2D eigenvalue weighted by molar-refractivity contribution is 9.10. The molecule has 9 nitrogen and oxygen atoms in total. The average Bonchev–Trinajstić information content (AvgIpc) is 3.35. The molecule has 0 saturated carbocycles. The van der Waals surface area contributed by atoms with E-state index in [0.717, 1.165) is 22.1 Å². The Morgan fingerprint density at radius 2 is 1.71 bits per heavy atom. The van der Waals surface area contributed by atoms with E-state index in [4.69, 9.17) is 14.2 Å². The van der Waals surface area contributed by atoms with E-state index in [1.165, 1.54) is 11.4 Å². The van der Waals surface area contributed by atoms with Gasteiger partial charge in [0.1, 0.15) is 5.60 Å². The summed E-state index contributed by atoms with van der Waals surface area (Å²) in [5, 5.41) is 5.12. The van der Waals surface area contributed by atoms with Crippen LogP contribution in [0.15, 0.2) is 76.1 Å². The van der Waals surface area contributed by atoms with Crippen molar-refractivity contribution < 1.29 is 32.2 Å². The number of benzene rings is 3. The molecule has 0 spiro atoms. The van der Waals surface area contributed by atoms with Gasteiger partial charge in [0.05, 0.1) is 27.0 Å². The first-order valence-electron chi connectivity index (χ1n) is 14.5. The fraction of sp³-hybridized carbons (Fsp3) is 0.333. The number of anilines is 1. The van der Waals surface area contributed by atoms with Gasteiger partial charge in [0, 0.05) is 6.04 Å². The molecule has 0 bridgehead atoms. The second kappa shape index (κ2) is 13.5. The van der Waals surface area contributed by atoms with E-state index in [1.807, 2.05) is 36.4 Å². The molecule has 1 aromatic heterocycles. The maximum atomic E-state index is 14.4. The lowest BCUT2D eigenvalue weighted by atomic mass is 10.1. The third-order valence-electron chi connectivity index (χ3n) is 7.22. The number of nitrogens with zero attached hydrogens (tertiary/aromatic N) is 1. The molecule has 238 valence electrons. The Morgan fingerprint density at radius 3 is 2.40 bits per heavy atom. The van der Waals surface area contributed by atoms with Crippen LogP contribution in [0.2, 0.25) is 0 Å². The number of thiophene rings is 1. The number of carbonyl (C=O) groups is 2. The predicted octanol–water partition coefficient (Wildman–Crippen LogP) is 6.79. The number of piperidine rings is 1. The molecular formula is C33H35BrN2O7S2. The predicted molar refractivity (Wildman–Crippen MR) is 180 cm³/mol. The monoisotopic (exact) mass is 714 g/mol. The molecule has 0 aliphatic carbocycles. The van der Waals surface area contributed by atoms with Crippen LogP contribution in [0.1, 0.15) is 43.3 Å². The Bertz CT molecular complexity index is 1830. The van der Waals surface area contributed by atoms with E-state index >= 15 is 0 Å². The molecule has 0 atom stereocenters. The van der Waals surface area contributed by atoms with Gasteiger partial charge >= 0.3 is 11.9 Å². The second-order valence-corrected chi connectivity index (χ2v) is 15.2. The topological polar surface area (TPSA) is 111 Å². The number of carbonyl (C=O) groups excluding carboxylic acids is 2. The number of hydrogen-bond acceptors (Lipinski definition) is 9. The lowest BCUT2D eigenvalue weighted by molar-refractivity contribution is -0.157. The van der Waals surface area contributed by atoms with Crippen LogP contribution in [0.25, 0.3) is 21.2 Å². The van der Waals surface area contributed by atoms with Crippen molar-refractivity contribution in [2.45, 2.75) is 50.2 Å². The van der Waals surface area contributed by atoms with Crippen molar-refractivity contribution in [2.24, 2.45) is 0 Å². The van der Waals surface area contributed by atoms with E-state index in [1.54, 1.807) is 51.1 Å². The third-order valence-corrected chi connectivity index (χ3v) is 11.3. The number of rotatable bonds is 9. The van der Waals surface area contributed by atoms with Gasteiger partial charge in [-0.15, -0.1) is 11.3 Å². The van der Waals surface area contributed by atoms with Crippen molar-refractivity contribution >= 4 is 65.7 Å². The summed E-state index contributed by atoms with van der Waals surface area (Å²) in [5.74, 6) is -1.06. The Balaban J connectivity index is 1.55. The lowest BCUT2D eigenvalue weighted by Crippen LogP contribution is -2.46. The quantitative estimate of drug-likeness (QED) is 0.189. The van der Waals surface area contributed by atoms with Gasteiger partial charge < -0.3 is 19.5 Å².